The average Bonchev–Trinajstić information content (AvgIpc) is 2.84. The summed E-state index contributed by atoms with van der Waals surface area (Å²) >= 11 is 1.53. The number of rotatable bonds is 5. The molecule has 0 aliphatic rings. The Morgan fingerprint density at radius 2 is 2.05 bits per heavy atom. The Morgan fingerprint density at radius 1 is 1.37 bits per heavy atom. The van der Waals surface area contributed by atoms with Crippen molar-refractivity contribution in [3.8, 4) is 0 Å². The third-order valence-electron chi connectivity index (χ3n) is 2.60. The van der Waals surface area contributed by atoms with Crippen LogP contribution in [0.4, 0.5) is 5.95 Å². The van der Waals surface area contributed by atoms with E-state index in [1.165, 1.54) is 23.7 Å². The molecule has 0 aliphatic heterocycles. The van der Waals surface area contributed by atoms with Crippen LogP contribution in [0.2, 0.25) is 0 Å². The maximum atomic E-state index is 12.0. The first-order valence-electron chi connectivity index (χ1n) is 5.65. The van der Waals surface area contributed by atoms with E-state index in [9.17, 15) is 8.42 Å². The van der Waals surface area contributed by atoms with Crippen molar-refractivity contribution in [2.24, 2.45) is 0 Å². The standard InChI is InChI=1S/C11H14N4O2S2/c1-2-8-3-4-18-10(8)7-15-19(16,17)9-5-13-11(12)14-6-9/h3-6,15H,2,7H2,1H3,(H2,12,13,14). The van der Waals surface area contributed by atoms with E-state index in [1.807, 2.05) is 18.4 Å². The Kier molecular flexibility index (Phi) is 4.13. The number of aryl methyl sites for hydroxylation is 1. The van der Waals surface area contributed by atoms with Crippen molar-refractivity contribution in [3.63, 3.8) is 0 Å². The van der Waals surface area contributed by atoms with E-state index < -0.39 is 10.0 Å². The molecule has 19 heavy (non-hydrogen) atoms. The molecule has 2 aromatic rings. The van der Waals surface area contributed by atoms with Crippen molar-refractivity contribution < 1.29 is 8.42 Å². The van der Waals surface area contributed by atoms with Crippen molar-refractivity contribution in [1.82, 2.24) is 14.7 Å². The fraction of sp³-hybridized carbons (Fsp3) is 0.273. The smallest absolute Gasteiger partial charge is 0.243 e. The molecular weight excluding hydrogens is 284 g/mol. The molecule has 0 unspecified atom stereocenters. The lowest BCUT2D eigenvalue weighted by Gasteiger charge is -2.06. The van der Waals surface area contributed by atoms with E-state index in [-0.39, 0.29) is 17.4 Å². The zero-order valence-corrected chi connectivity index (χ0v) is 12.0. The summed E-state index contributed by atoms with van der Waals surface area (Å²) in [6.07, 6.45) is 3.27. The van der Waals surface area contributed by atoms with Crippen LogP contribution < -0.4 is 10.5 Å². The topological polar surface area (TPSA) is 98.0 Å². The highest BCUT2D eigenvalue weighted by Gasteiger charge is 2.15. The number of hydrogen-bond donors (Lipinski definition) is 2. The average molecular weight is 298 g/mol. The summed E-state index contributed by atoms with van der Waals surface area (Å²) in [6, 6.07) is 2.00. The van der Waals surface area contributed by atoms with Gasteiger partial charge in [-0.3, -0.25) is 0 Å². The van der Waals surface area contributed by atoms with Gasteiger partial charge in [0, 0.05) is 11.4 Å². The molecule has 0 aliphatic carbocycles. The highest BCUT2D eigenvalue weighted by molar-refractivity contribution is 7.89. The summed E-state index contributed by atoms with van der Waals surface area (Å²) in [5.74, 6) is 0.0467. The molecule has 2 heterocycles. The summed E-state index contributed by atoms with van der Waals surface area (Å²) < 4.78 is 26.6. The number of anilines is 1. The Balaban J connectivity index is 2.12. The zero-order chi connectivity index (χ0) is 13.9. The fourth-order valence-electron chi connectivity index (χ4n) is 1.55. The maximum absolute atomic E-state index is 12.0. The minimum Gasteiger partial charge on any atom is -0.368 e. The number of nitrogen functional groups attached to an aromatic ring is 1. The van der Waals surface area contributed by atoms with Crippen molar-refractivity contribution >= 4 is 27.3 Å². The van der Waals surface area contributed by atoms with E-state index >= 15 is 0 Å². The molecule has 0 atom stereocenters. The molecule has 0 amide bonds. The molecule has 0 bridgehead atoms. The second-order valence-corrected chi connectivity index (χ2v) is 6.59. The van der Waals surface area contributed by atoms with Gasteiger partial charge in [-0.2, -0.15) is 0 Å². The molecule has 0 spiro atoms. The largest absolute Gasteiger partial charge is 0.368 e. The Bertz CT molecular complexity index is 650. The molecule has 3 N–H and O–H groups in total. The summed E-state index contributed by atoms with van der Waals surface area (Å²) in [5, 5.41) is 1.95. The SMILES string of the molecule is CCc1ccsc1CNS(=O)(=O)c1cnc(N)nc1. The van der Waals surface area contributed by atoms with E-state index in [0.29, 0.717) is 0 Å². The number of hydrogen-bond acceptors (Lipinski definition) is 6. The van der Waals surface area contributed by atoms with Gasteiger partial charge in [-0.05, 0) is 23.4 Å². The van der Waals surface area contributed by atoms with Crippen molar-refractivity contribution in [2.75, 3.05) is 5.73 Å². The van der Waals surface area contributed by atoms with Crippen LogP contribution in [0, 0.1) is 0 Å². The maximum Gasteiger partial charge on any atom is 0.243 e. The fourth-order valence-corrected chi connectivity index (χ4v) is 3.44. The van der Waals surface area contributed by atoms with Gasteiger partial charge in [-0.1, -0.05) is 6.92 Å². The summed E-state index contributed by atoms with van der Waals surface area (Å²) in [7, 11) is -3.60. The molecule has 0 aromatic carbocycles. The van der Waals surface area contributed by atoms with Crippen LogP contribution in [0.15, 0.2) is 28.7 Å². The van der Waals surface area contributed by atoms with E-state index in [2.05, 4.69) is 14.7 Å². The summed E-state index contributed by atoms with van der Waals surface area (Å²) in [6.45, 7) is 2.31. The first kappa shape index (κ1) is 13.9. The van der Waals surface area contributed by atoms with Gasteiger partial charge in [0.2, 0.25) is 16.0 Å². The van der Waals surface area contributed by atoms with Crippen LogP contribution in [0.1, 0.15) is 17.4 Å². The normalized spacial score (nSPS) is 11.6. The van der Waals surface area contributed by atoms with Crippen molar-refractivity contribution in [3.05, 3.63) is 34.3 Å². The van der Waals surface area contributed by atoms with E-state index in [4.69, 9.17) is 5.73 Å². The van der Waals surface area contributed by atoms with Crippen LogP contribution in [-0.2, 0) is 23.0 Å². The first-order valence-corrected chi connectivity index (χ1v) is 8.01. The lowest BCUT2D eigenvalue weighted by molar-refractivity contribution is 0.580. The Labute approximate surface area is 115 Å². The number of nitrogens with one attached hydrogen (secondary N) is 1. The molecule has 0 fully saturated rings. The number of thiophene rings is 1. The highest BCUT2D eigenvalue weighted by Crippen LogP contribution is 2.18. The van der Waals surface area contributed by atoms with Crippen LogP contribution in [0.5, 0.6) is 0 Å². The van der Waals surface area contributed by atoms with Gasteiger partial charge < -0.3 is 5.73 Å². The number of nitrogens with zero attached hydrogens (tertiary/aromatic N) is 2. The molecular formula is C11H14N4O2S2. The number of aromatic nitrogens is 2. The van der Waals surface area contributed by atoms with Crippen molar-refractivity contribution in [1.29, 1.82) is 0 Å². The molecule has 0 saturated heterocycles. The zero-order valence-electron chi connectivity index (χ0n) is 10.3. The molecule has 0 saturated carbocycles. The van der Waals surface area contributed by atoms with Gasteiger partial charge in [0.25, 0.3) is 0 Å². The quantitative estimate of drug-likeness (QED) is 0.863. The third-order valence-corrected chi connectivity index (χ3v) is 4.92. The Hall–Kier alpha value is -1.51. The van der Waals surface area contributed by atoms with E-state index in [0.717, 1.165) is 16.9 Å². The van der Waals surface area contributed by atoms with Crippen LogP contribution in [0.25, 0.3) is 0 Å². The lowest BCUT2D eigenvalue weighted by Crippen LogP contribution is -2.23. The summed E-state index contributed by atoms with van der Waals surface area (Å²) in [4.78, 5) is 8.38. The predicted octanol–water partition coefficient (Wildman–Crippen LogP) is 1.16. The Morgan fingerprint density at radius 3 is 2.68 bits per heavy atom. The third kappa shape index (κ3) is 3.28. The minimum atomic E-state index is -3.60. The van der Waals surface area contributed by atoms with E-state index in [1.54, 1.807) is 0 Å². The van der Waals surface area contributed by atoms with Gasteiger partial charge in [-0.15, -0.1) is 11.3 Å². The molecule has 2 rings (SSSR count). The van der Waals surface area contributed by atoms with Crippen LogP contribution >= 0.6 is 11.3 Å². The first-order chi connectivity index (χ1) is 9.03. The monoisotopic (exact) mass is 298 g/mol. The lowest BCUT2D eigenvalue weighted by atomic mass is 10.2. The molecule has 102 valence electrons. The van der Waals surface area contributed by atoms with Crippen molar-refractivity contribution in [2.45, 2.75) is 24.8 Å². The predicted molar refractivity (Wildman–Crippen MR) is 74.2 cm³/mol. The number of nitrogens with two attached hydrogens (primary N) is 1. The van der Waals surface area contributed by atoms with Gasteiger partial charge in [0.1, 0.15) is 4.90 Å². The van der Waals surface area contributed by atoms with Crippen LogP contribution in [0.3, 0.4) is 0 Å². The second-order valence-electron chi connectivity index (χ2n) is 3.82. The van der Waals surface area contributed by atoms with Gasteiger partial charge in [0.15, 0.2) is 0 Å². The summed E-state index contributed by atoms with van der Waals surface area (Å²) in [5.41, 5.74) is 6.48. The molecule has 8 heteroatoms. The van der Waals surface area contributed by atoms with Gasteiger partial charge in [-0.25, -0.2) is 23.1 Å². The highest BCUT2D eigenvalue weighted by atomic mass is 32.2. The minimum absolute atomic E-state index is 0.0105. The van der Waals surface area contributed by atoms with Gasteiger partial charge in [0.05, 0.1) is 12.4 Å². The molecule has 2 aromatic heterocycles. The molecule has 0 radical (unpaired) electrons. The second kappa shape index (κ2) is 5.64. The molecule has 6 nitrogen and oxygen atoms in total. The number of sulfonamides is 1. The van der Waals surface area contributed by atoms with Gasteiger partial charge >= 0.3 is 0 Å². The van der Waals surface area contributed by atoms with Crippen LogP contribution in [-0.4, -0.2) is 18.4 Å².